The Bertz CT molecular complexity index is 743. The van der Waals surface area contributed by atoms with E-state index in [0.29, 0.717) is 5.75 Å². The molecule has 132 valence electrons. The SMILES string of the molecule is CC1([N+](=O)[O-])C=C(C(=O)NCCOc2ccccc2)C=C([N+](=O)[O-])C1. The van der Waals surface area contributed by atoms with Gasteiger partial charge in [0.2, 0.25) is 5.54 Å². The molecular weight excluding hydrogens is 330 g/mol. The van der Waals surface area contributed by atoms with Crippen molar-refractivity contribution in [2.24, 2.45) is 0 Å². The third kappa shape index (κ3) is 4.63. The van der Waals surface area contributed by atoms with Crippen molar-refractivity contribution in [3.63, 3.8) is 0 Å². The average Bonchev–Trinajstić information content (AvgIpc) is 2.58. The van der Waals surface area contributed by atoms with Gasteiger partial charge in [0.25, 0.3) is 11.6 Å². The van der Waals surface area contributed by atoms with Gasteiger partial charge in [-0.3, -0.25) is 25.0 Å². The van der Waals surface area contributed by atoms with Crippen molar-refractivity contribution in [2.45, 2.75) is 18.9 Å². The molecule has 9 heteroatoms. The second-order valence-corrected chi connectivity index (χ2v) is 5.70. The van der Waals surface area contributed by atoms with Crippen LogP contribution in [0, 0.1) is 20.2 Å². The van der Waals surface area contributed by atoms with E-state index in [1.165, 1.54) is 6.92 Å². The molecule has 1 aliphatic rings. The summed E-state index contributed by atoms with van der Waals surface area (Å²) in [6.07, 6.45) is 1.84. The summed E-state index contributed by atoms with van der Waals surface area (Å²) >= 11 is 0. The summed E-state index contributed by atoms with van der Waals surface area (Å²) in [5.41, 5.74) is -2.16. The summed E-state index contributed by atoms with van der Waals surface area (Å²) < 4.78 is 5.42. The van der Waals surface area contributed by atoms with E-state index in [2.05, 4.69) is 5.32 Å². The molecule has 1 unspecified atom stereocenters. The van der Waals surface area contributed by atoms with Crippen LogP contribution >= 0.6 is 0 Å². The van der Waals surface area contributed by atoms with Gasteiger partial charge in [-0.1, -0.05) is 18.2 Å². The number of ether oxygens (including phenoxy) is 1. The van der Waals surface area contributed by atoms with Gasteiger partial charge in [-0.2, -0.15) is 0 Å². The first-order valence-corrected chi connectivity index (χ1v) is 7.50. The van der Waals surface area contributed by atoms with Crippen molar-refractivity contribution in [1.29, 1.82) is 0 Å². The van der Waals surface area contributed by atoms with E-state index >= 15 is 0 Å². The molecule has 0 radical (unpaired) electrons. The maximum Gasteiger partial charge on any atom is 0.254 e. The minimum atomic E-state index is -1.69. The Morgan fingerprint density at radius 2 is 1.96 bits per heavy atom. The molecule has 0 aromatic heterocycles. The van der Waals surface area contributed by atoms with Gasteiger partial charge in [-0.05, 0) is 12.1 Å². The van der Waals surface area contributed by atoms with Gasteiger partial charge in [0, 0.05) is 29.6 Å². The Morgan fingerprint density at radius 3 is 2.56 bits per heavy atom. The van der Waals surface area contributed by atoms with Crippen molar-refractivity contribution < 1.29 is 19.4 Å². The third-order valence-corrected chi connectivity index (χ3v) is 3.64. The number of para-hydroxylation sites is 1. The molecule has 1 N–H and O–H groups in total. The molecule has 1 atom stereocenters. The van der Waals surface area contributed by atoms with Gasteiger partial charge in [-0.15, -0.1) is 0 Å². The van der Waals surface area contributed by atoms with E-state index in [1.807, 2.05) is 18.2 Å². The van der Waals surface area contributed by atoms with E-state index in [4.69, 9.17) is 4.74 Å². The quantitative estimate of drug-likeness (QED) is 0.455. The van der Waals surface area contributed by atoms with Crippen LogP contribution in [0.4, 0.5) is 0 Å². The highest BCUT2D eigenvalue weighted by Crippen LogP contribution is 2.29. The molecule has 0 heterocycles. The van der Waals surface area contributed by atoms with Crippen molar-refractivity contribution in [1.82, 2.24) is 5.32 Å². The van der Waals surface area contributed by atoms with Gasteiger partial charge in [-0.25, -0.2) is 0 Å². The first-order valence-electron chi connectivity index (χ1n) is 7.50. The van der Waals surface area contributed by atoms with E-state index in [1.54, 1.807) is 12.1 Å². The van der Waals surface area contributed by atoms with Crippen LogP contribution in [0.5, 0.6) is 5.75 Å². The second kappa shape index (κ2) is 7.56. The van der Waals surface area contributed by atoms with Crippen LogP contribution in [0.25, 0.3) is 0 Å². The number of hydrogen-bond acceptors (Lipinski definition) is 6. The summed E-state index contributed by atoms with van der Waals surface area (Å²) in [7, 11) is 0. The first kappa shape index (κ1) is 18.1. The zero-order valence-corrected chi connectivity index (χ0v) is 13.5. The molecule has 25 heavy (non-hydrogen) atoms. The lowest BCUT2D eigenvalue weighted by Gasteiger charge is -2.20. The standard InChI is InChI=1S/C16H17N3O6/c1-16(19(23)24)10-12(9-13(11-16)18(21)22)15(20)17-7-8-25-14-5-3-2-4-6-14/h2-6,9-10H,7-8,11H2,1H3,(H,17,20). The van der Waals surface area contributed by atoms with E-state index in [9.17, 15) is 25.0 Å². The molecule has 1 aliphatic carbocycles. The highest BCUT2D eigenvalue weighted by Gasteiger charge is 2.43. The maximum absolute atomic E-state index is 12.2. The van der Waals surface area contributed by atoms with Gasteiger partial charge in [0.1, 0.15) is 18.8 Å². The molecule has 9 nitrogen and oxygen atoms in total. The summed E-state index contributed by atoms with van der Waals surface area (Å²) in [4.78, 5) is 33.0. The van der Waals surface area contributed by atoms with Crippen LogP contribution in [0.15, 0.2) is 53.8 Å². The maximum atomic E-state index is 12.2. The molecule has 0 fully saturated rings. The van der Waals surface area contributed by atoms with Crippen LogP contribution in [0.2, 0.25) is 0 Å². The number of benzene rings is 1. The molecule has 1 aromatic rings. The minimum Gasteiger partial charge on any atom is -0.492 e. The Morgan fingerprint density at radius 1 is 1.28 bits per heavy atom. The number of carbonyl (C=O) groups excluding carboxylic acids is 1. The van der Waals surface area contributed by atoms with Gasteiger partial charge < -0.3 is 10.1 Å². The highest BCUT2D eigenvalue weighted by atomic mass is 16.6. The molecule has 0 saturated carbocycles. The van der Waals surface area contributed by atoms with Crippen molar-refractivity contribution in [2.75, 3.05) is 13.2 Å². The predicted molar refractivity (Wildman–Crippen MR) is 88.1 cm³/mol. The lowest BCUT2D eigenvalue weighted by molar-refractivity contribution is -0.557. The van der Waals surface area contributed by atoms with Gasteiger partial charge >= 0.3 is 0 Å². The smallest absolute Gasteiger partial charge is 0.254 e. The fourth-order valence-electron chi connectivity index (χ4n) is 2.34. The van der Waals surface area contributed by atoms with Gasteiger partial charge in [0.05, 0.1) is 11.5 Å². The number of nitrogens with one attached hydrogen (secondary N) is 1. The van der Waals surface area contributed by atoms with Crippen molar-refractivity contribution >= 4 is 5.91 Å². The fraction of sp³-hybridized carbons (Fsp3) is 0.312. The number of nitro groups is 2. The molecule has 1 aromatic carbocycles. The number of hydrogen-bond donors (Lipinski definition) is 1. The van der Waals surface area contributed by atoms with Crippen LogP contribution in [0.1, 0.15) is 13.3 Å². The average molecular weight is 347 g/mol. The van der Waals surface area contributed by atoms with Crippen molar-refractivity contribution in [3.05, 3.63) is 74.0 Å². The minimum absolute atomic E-state index is 0.100. The van der Waals surface area contributed by atoms with Crippen LogP contribution in [-0.2, 0) is 4.79 Å². The number of amides is 1. The number of rotatable bonds is 7. The normalized spacial score (nSPS) is 19.4. The second-order valence-electron chi connectivity index (χ2n) is 5.70. The largest absolute Gasteiger partial charge is 0.492 e. The highest BCUT2D eigenvalue weighted by molar-refractivity contribution is 5.96. The van der Waals surface area contributed by atoms with Gasteiger partial charge in [0.15, 0.2) is 0 Å². The van der Waals surface area contributed by atoms with Crippen LogP contribution in [0.3, 0.4) is 0 Å². The first-order chi connectivity index (χ1) is 11.8. The Balaban J connectivity index is 1.99. The zero-order valence-electron chi connectivity index (χ0n) is 13.5. The molecule has 0 spiro atoms. The number of nitrogens with zero attached hydrogens (tertiary/aromatic N) is 2. The lowest BCUT2D eigenvalue weighted by atomic mass is 9.88. The summed E-state index contributed by atoms with van der Waals surface area (Å²) in [5.74, 6) is 0.0221. The Labute approximate surface area is 143 Å². The van der Waals surface area contributed by atoms with E-state index < -0.39 is 21.3 Å². The Hall–Kier alpha value is -3.23. The molecule has 1 amide bonds. The molecule has 0 aliphatic heterocycles. The summed E-state index contributed by atoms with van der Waals surface area (Å²) in [6, 6.07) is 8.99. The third-order valence-electron chi connectivity index (χ3n) is 3.64. The lowest BCUT2D eigenvalue weighted by Crippen LogP contribution is -2.38. The zero-order chi connectivity index (χ0) is 18.4. The van der Waals surface area contributed by atoms with Crippen LogP contribution < -0.4 is 10.1 Å². The topological polar surface area (TPSA) is 125 Å². The van der Waals surface area contributed by atoms with Crippen molar-refractivity contribution in [3.8, 4) is 5.75 Å². The van der Waals surface area contributed by atoms with E-state index in [0.717, 1.165) is 12.2 Å². The summed E-state index contributed by atoms with van der Waals surface area (Å²) in [6.45, 7) is 1.60. The predicted octanol–water partition coefficient (Wildman–Crippen LogP) is 1.71. The molecule has 0 bridgehead atoms. The van der Waals surface area contributed by atoms with E-state index in [-0.39, 0.29) is 30.8 Å². The Kier molecular flexibility index (Phi) is 5.48. The molecular formula is C16H17N3O6. The number of carbonyl (C=O) groups is 1. The fourth-order valence-corrected chi connectivity index (χ4v) is 2.34. The molecule has 2 rings (SSSR count). The molecule has 0 saturated heterocycles. The monoisotopic (exact) mass is 347 g/mol. The summed E-state index contributed by atoms with van der Waals surface area (Å²) in [5, 5.41) is 24.7. The van der Waals surface area contributed by atoms with Crippen LogP contribution in [-0.4, -0.2) is 34.4 Å².